The molecule has 2 heterocycles. The molecule has 3 rings (SSSR count). The van der Waals surface area contributed by atoms with Crippen molar-refractivity contribution in [2.24, 2.45) is 7.05 Å². The van der Waals surface area contributed by atoms with Crippen molar-refractivity contribution in [2.45, 2.75) is 12.8 Å². The highest BCUT2D eigenvalue weighted by atomic mass is 16.5. The smallest absolute Gasteiger partial charge is 0.257 e. The summed E-state index contributed by atoms with van der Waals surface area (Å²) in [7, 11) is 3.42. The quantitative estimate of drug-likeness (QED) is 0.811. The Labute approximate surface area is 153 Å². The summed E-state index contributed by atoms with van der Waals surface area (Å²) in [5.41, 5.74) is 1.62. The maximum atomic E-state index is 12.7. The number of para-hydroxylation sites is 1. The number of methoxy groups -OCH3 is 1. The molecular formula is C19H24N4O3. The summed E-state index contributed by atoms with van der Waals surface area (Å²) in [6.45, 7) is 2.20. The lowest BCUT2D eigenvalue weighted by atomic mass is 10.1. The van der Waals surface area contributed by atoms with Crippen LogP contribution in [0.3, 0.4) is 0 Å². The van der Waals surface area contributed by atoms with Gasteiger partial charge in [-0.3, -0.25) is 14.3 Å². The third-order valence-electron chi connectivity index (χ3n) is 4.64. The van der Waals surface area contributed by atoms with E-state index in [4.69, 9.17) is 4.74 Å². The summed E-state index contributed by atoms with van der Waals surface area (Å²) in [5, 5.41) is 4.12. The molecule has 0 bridgehead atoms. The lowest BCUT2D eigenvalue weighted by Gasteiger charge is -2.35. The summed E-state index contributed by atoms with van der Waals surface area (Å²) in [6, 6.07) is 7.22. The number of ether oxygens (including phenoxy) is 1. The van der Waals surface area contributed by atoms with Gasteiger partial charge in [-0.2, -0.15) is 5.10 Å². The highest BCUT2D eigenvalue weighted by molar-refractivity contribution is 5.97. The maximum Gasteiger partial charge on any atom is 0.257 e. The first-order valence-corrected chi connectivity index (χ1v) is 8.76. The zero-order chi connectivity index (χ0) is 18.5. The van der Waals surface area contributed by atoms with E-state index in [1.165, 1.54) is 0 Å². The van der Waals surface area contributed by atoms with Crippen LogP contribution in [0.1, 0.15) is 22.3 Å². The van der Waals surface area contributed by atoms with E-state index in [0.717, 1.165) is 5.56 Å². The van der Waals surface area contributed by atoms with Gasteiger partial charge in [0.25, 0.3) is 5.91 Å². The van der Waals surface area contributed by atoms with Crippen molar-refractivity contribution in [3.05, 3.63) is 47.8 Å². The number of aryl methyl sites for hydroxylation is 2. The second-order valence-corrected chi connectivity index (χ2v) is 6.40. The average molecular weight is 356 g/mol. The zero-order valence-corrected chi connectivity index (χ0v) is 15.2. The molecule has 1 aliphatic heterocycles. The molecule has 7 heteroatoms. The lowest BCUT2D eigenvalue weighted by molar-refractivity contribution is -0.132. The number of benzene rings is 1. The standard InChI is InChI=1S/C19H24N4O3/c1-21-14-15(13-20-21)7-8-18(24)22-9-11-23(12-10-22)19(25)16-5-3-4-6-17(16)26-2/h3-6,13-14H,7-12H2,1-2H3. The summed E-state index contributed by atoms with van der Waals surface area (Å²) in [6.07, 6.45) is 4.87. The summed E-state index contributed by atoms with van der Waals surface area (Å²) in [5.74, 6) is 0.649. The van der Waals surface area contributed by atoms with E-state index in [9.17, 15) is 9.59 Å². The summed E-state index contributed by atoms with van der Waals surface area (Å²) < 4.78 is 7.01. The first kappa shape index (κ1) is 18.0. The van der Waals surface area contributed by atoms with Crippen LogP contribution in [0.15, 0.2) is 36.7 Å². The Bertz CT molecular complexity index is 779. The first-order valence-electron chi connectivity index (χ1n) is 8.76. The Morgan fingerprint density at radius 3 is 2.46 bits per heavy atom. The molecule has 0 N–H and O–H groups in total. The van der Waals surface area contributed by atoms with E-state index in [1.807, 2.05) is 30.3 Å². The van der Waals surface area contributed by atoms with E-state index in [-0.39, 0.29) is 11.8 Å². The number of hydrogen-bond acceptors (Lipinski definition) is 4. The highest BCUT2D eigenvalue weighted by Crippen LogP contribution is 2.20. The van der Waals surface area contributed by atoms with Crippen molar-refractivity contribution in [3.63, 3.8) is 0 Å². The number of carbonyl (C=O) groups is 2. The molecule has 0 unspecified atom stereocenters. The van der Waals surface area contributed by atoms with Crippen LogP contribution in [0.2, 0.25) is 0 Å². The molecule has 0 radical (unpaired) electrons. The maximum absolute atomic E-state index is 12.7. The number of rotatable bonds is 5. The largest absolute Gasteiger partial charge is 0.496 e. The molecule has 0 atom stereocenters. The molecule has 0 spiro atoms. The molecule has 1 aliphatic rings. The molecule has 7 nitrogen and oxygen atoms in total. The molecule has 138 valence electrons. The van der Waals surface area contributed by atoms with E-state index in [0.29, 0.717) is 50.3 Å². The van der Waals surface area contributed by atoms with E-state index in [2.05, 4.69) is 5.10 Å². The molecule has 1 aromatic heterocycles. The lowest BCUT2D eigenvalue weighted by Crippen LogP contribution is -2.50. The third-order valence-corrected chi connectivity index (χ3v) is 4.64. The van der Waals surface area contributed by atoms with Gasteiger partial charge in [-0.15, -0.1) is 0 Å². The van der Waals surface area contributed by atoms with Gasteiger partial charge >= 0.3 is 0 Å². The molecule has 2 amide bonds. The van der Waals surface area contributed by atoms with Gasteiger partial charge in [-0.05, 0) is 24.1 Å². The molecule has 0 aliphatic carbocycles. The SMILES string of the molecule is COc1ccccc1C(=O)N1CCN(C(=O)CCc2cnn(C)c2)CC1. The number of amides is 2. The Hall–Kier alpha value is -2.83. The summed E-state index contributed by atoms with van der Waals surface area (Å²) >= 11 is 0. The molecule has 0 saturated carbocycles. The van der Waals surface area contributed by atoms with Gasteiger partial charge in [0.2, 0.25) is 5.91 Å². The van der Waals surface area contributed by atoms with Crippen LogP contribution in [0, 0.1) is 0 Å². The predicted octanol–water partition coefficient (Wildman–Crippen LogP) is 1.35. The molecule has 1 aromatic carbocycles. The van der Waals surface area contributed by atoms with Gasteiger partial charge in [0, 0.05) is 45.8 Å². The second kappa shape index (κ2) is 8.03. The second-order valence-electron chi connectivity index (χ2n) is 6.40. The van der Waals surface area contributed by atoms with Crippen molar-refractivity contribution in [1.29, 1.82) is 0 Å². The number of aromatic nitrogens is 2. The van der Waals surface area contributed by atoms with Crippen molar-refractivity contribution >= 4 is 11.8 Å². The Morgan fingerprint density at radius 1 is 1.12 bits per heavy atom. The predicted molar refractivity (Wildman–Crippen MR) is 97.0 cm³/mol. The van der Waals surface area contributed by atoms with Crippen LogP contribution in [0.4, 0.5) is 0 Å². The molecule has 1 saturated heterocycles. The third kappa shape index (κ3) is 4.04. The van der Waals surface area contributed by atoms with Crippen LogP contribution >= 0.6 is 0 Å². The summed E-state index contributed by atoms with van der Waals surface area (Å²) in [4.78, 5) is 28.7. The van der Waals surface area contributed by atoms with Crippen LogP contribution in [0.5, 0.6) is 5.75 Å². The normalized spacial score (nSPS) is 14.4. The fraction of sp³-hybridized carbons (Fsp3) is 0.421. The minimum absolute atomic E-state index is 0.0510. The Morgan fingerprint density at radius 2 is 1.81 bits per heavy atom. The van der Waals surface area contributed by atoms with Gasteiger partial charge in [-0.25, -0.2) is 0 Å². The Balaban J connectivity index is 1.52. The van der Waals surface area contributed by atoms with E-state index >= 15 is 0 Å². The minimum Gasteiger partial charge on any atom is -0.496 e. The van der Waals surface area contributed by atoms with E-state index < -0.39 is 0 Å². The van der Waals surface area contributed by atoms with Crippen LogP contribution in [0.25, 0.3) is 0 Å². The molecular weight excluding hydrogens is 332 g/mol. The molecule has 26 heavy (non-hydrogen) atoms. The van der Waals surface area contributed by atoms with Crippen molar-refractivity contribution in [2.75, 3.05) is 33.3 Å². The molecule has 1 fully saturated rings. The van der Waals surface area contributed by atoms with Crippen molar-refractivity contribution in [3.8, 4) is 5.75 Å². The van der Waals surface area contributed by atoms with Gasteiger partial charge in [0.1, 0.15) is 5.75 Å². The zero-order valence-electron chi connectivity index (χ0n) is 15.2. The average Bonchev–Trinajstić information content (AvgIpc) is 3.11. The van der Waals surface area contributed by atoms with Gasteiger partial charge < -0.3 is 14.5 Å². The highest BCUT2D eigenvalue weighted by Gasteiger charge is 2.26. The fourth-order valence-electron chi connectivity index (χ4n) is 3.16. The van der Waals surface area contributed by atoms with Crippen molar-refractivity contribution < 1.29 is 14.3 Å². The first-order chi connectivity index (χ1) is 12.6. The van der Waals surface area contributed by atoms with Crippen molar-refractivity contribution in [1.82, 2.24) is 19.6 Å². The number of carbonyl (C=O) groups excluding carboxylic acids is 2. The Kier molecular flexibility index (Phi) is 5.55. The van der Waals surface area contributed by atoms with Crippen LogP contribution in [-0.4, -0.2) is 64.7 Å². The molecule has 2 aromatic rings. The van der Waals surface area contributed by atoms with Gasteiger partial charge in [0.05, 0.1) is 18.9 Å². The van der Waals surface area contributed by atoms with Gasteiger partial charge in [-0.1, -0.05) is 12.1 Å². The topological polar surface area (TPSA) is 67.7 Å². The van der Waals surface area contributed by atoms with Crippen LogP contribution < -0.4 is 4.74 Å². The fourth-order valence-corrected chi connectivity index (χ4v) is 3.16. The van der Waals surface area contributed by atoms with Gasteiger partial charge in [0.15, 0.2) is 0 Å². The number of hydrogen-bond donors (Lipinski definition) is 0. The van der Waals surface area contributed by atoms with Crippen LogP contribution in [-0.2, 0) is 18.3 Å². The van der Waals surface area contributed by atoms with E-state index in [1.54, 1.807) is 35.0 Å². The number of nitrogens with zero attached hydrogens (tertiary/aromatic N) is 4. The number of piperazine rings is 1. The minimum atomic E-state index is -0.0510. The monoisotopic (exact) mass is 356 g/mol.